The van der Waals surface area contributed by atoms with Gasteiger partial charge in [0.1, 0.15) is 0 Å². The molecular weight excluding hydrogens is 226 g/mol. The molecule has 0 unspecified atom stereocenters. The highest BCUT2D eigenvalue weighted by Gasteiger charge is 2.20. The standard InChI is InChI=1S/C14H20N3O/c1-15(2)14(18)12-6-4-5-7-13(12)17-10-8-16(3)9-11-17/h5-7H,8-11H2,1-3H3. The van der Waals surface area contributed by atoms with Crippen molar-refractivity contribution in [2.75, 3.05) is 52.2 Å². The van der Waals surface area contributed by atoms with E-state index in [1.54, 1.807) is 25.1 Å². The molecule has 0 aromatic heterocycles. The van der Waals surface area contributed by atoms with Gasteiger partial charge in [0, 0.05) is 46.0 Å². The molecule has 18 heavy (non-hydrogen) atoms. The third-order valence-electron chi connectivity index (χ3n) is 3.32. The molecule has 4 nitrogen and oxygen atoms in total. The molecule has 1 heterocycles. The summed E-state index contributed by atoms with van der Waals surface area (Å²) in [7, 11) is 5.69. The van der Waals surface area contributed by atoms with Gasteiger partial charge in [0.2, 0.25) is 0 Å². The van der Waals surface area contributed by atoms with Crippen molar-refractivity contribution in [1.29, 1.82) is 0 Å². The topological polar surface area (TPSA) is 26.8 Å². The van der Waals surface area contributed by atoms with Gasteiger partial charge >= 0.3 is 0 Å². The van der Waals surface area contributed by atoms with E-state index < -0.39 is 0 Å². The number of carbonyl (C=O) groups excluding carboxylic acids is 1. The molecule has 1 amide bonds. The fraction of sp³-hybridized carbons (Fsp3) is 0.500. The molecule has 1 saturated heterocycles. The Hall–Kier alpha value is -1.55. The van der Waals surface area contributed by atoms with Crippen LogP contribution < -0.4 is 4.90 Å². The van der Waals surface area contributed by atoms with E-state index in [-0.39, 0.29) is 5.91 Å². The van der Waals surface area contributed by atoms with Crippen LogP contribution in [-0.4, -0.2) is 63.0 Å². The van der Waals surface area contributed by atoms with Crippen molar-refractivity contribution in [3.8, 4) is 0 Å². The second-order valence-corrected chi connectivity index (χ2v) is 4.93. The third-order valence-corrected chi connectivity index (χ3v) is 3.32. The van der Waals surface area contributed by atoms with Gasteiger partial charge in [0.25, 0.3) is 5.91 Å². The Morgan fingerprint density at radius 3 is 2.56 bits per heavy atom. The molecule has 97 valence electrons. The summed E-state index contributed by atoms with van der Waals surface area (Å²) < 4.78 is 0. The van der Waals surface area contributed by atoms with Crippen LogP contribution in [0.1, 0.15) is 10.4 Å². The minimum Gasteiger partial charge on any atom is -0.368 e. The quantitative estimate of drug-likeness (QED) is 0.777. The molecule has 4 heteroatoms. The summed E-state index contributed by atoms with van der Waals surface area (Å²) in [4.78, 5) is 18.3. The first-order chi connectivity index (χ1) is 8.59. The maximum atomic E-state index is 12.1. The van der Waals surface area contributed by atoms with Crippen LogP contribution in [0.4, 0.5) is 5.69 Å². The Morgan fingerprint density at radius 1 is 1.28 bits per heavy atom. The highest BCUT2D eigenvalue weighted by Crippen LogP contribution is 2.22. The van der Waals surface area contributed by atoms with E-state index in [4.69, 9.17) is 0 Å². The number of anilines is 1. The van der Waals surface area contributed by atoms with Crippen LogP contribution in [-0.2, 0) is 0 Å². The number of hydrogen-bond donors (Lipinski definition) is 0. The van der Waals surface area contributed by atoms with E-state index in [0.717, 1.165) is 37.4 Å². The molecule has 0 aliphatic carbocycles. The summed E-state index contributed by atoms with van der Waals surface area (Å²) in [5.41, 5.74) is 1.77. The van der Waals surface area contributed by atoms with Crippen molar-refractivity contribution in [2.45, 2.75) is 0 Å². The molecular formula is C14H20N3O. The van der Waals surface area contributed by atoms with Crippen molar-refractivity contribution in [2.24, 2.45) is 0 Å². The molecule has 0 atom stereocenters. The fourth-order valence-corrected chi connectivity index (χ4v) is 2.16. The summed E-state index contributed by atoms with van der Waals surface area (Å²) in [6, 6.07) is 8.65. The summed E-state index contributed by atoms with van der Waals surface area (Å²) in [6.07, 6.45) is 0. The normalized spacial score (nSPS) is 16.7. The van der Waals surface area contributed by atoms with Gasteiger partial charge in [0.15, 0.2) is 0 Å². The number of likely N-dealkylation sites (N-methyl/N-ethyl adjacent to an activating group) is 1. The number of hydrogen-bond acceptors (Lipinski definition) is 3. The molecule has 0 saturated carbocycles. The Morgan fingerprint density at radius 2 is 1.94 bits per heavy atom. The summed E-state index contributed by atoms with van der Waals surface area (Å²) in [5, 5.41) is 0. The average molecular weight is 246 g/mol. The minimum absolute atomic E-state index is 0.0424. The molecule has 0 bridgehead atoms. The van der Waals surface area contributed by atoms with Crippen molar-refractivity contribution in [3.63, 3.8) is 0 Å². The lowest BCUT2D eigenvalue weighted by atomic mass is 10.1. The summed E-state index contributed by atoms with van der Waals surface area (Å²) in [5.74, 6) is 0.0424. The van der Waals surface area contributed by atoms with Gasteiger partial charge in [-0.3, -0.25) is 4.79 Å². The van der Waals surface area contributed by atoms with E-state index in [1.807, 2.05) is 12.1 Å². The van der Waals surface area contributed by atoms with Crippen molar-refractivity contribution < 1.29 is 4.79 Å². The monoisotopic (exact) mass is 246 g/mol. The Labute approximate surface area is 109 Å². The van der Waals surface area contributed by atoms with E-state index >= 15 is 0 Å². The molecule has 1 aliphatic rings. The van der Waals surface area contributed by atoms with Crippen LogP contribution in [0, 0.1) is 6.07 Å². The lowest BCUT2D eigenvalue weighted by molar-refractivity contribution is 0.0828. The van der Waals surface area contributed by atoms with Gasteiger partial charge in [-0.1, -0.05) is 6.07 Å². The zero-order valence-corrected chi connectivity index (χ0v) is 11.3. The summed E-state index contributed by atoms with van der Waals surface area (Å²) in [6.45, 7) is 4.00. The van der Waals surface area contributed by atoms with Gasteiger partial charge in [-0.05, 0) is 25.2 Å². The number of nitrogens with zero attached hydrogens (tertiary/aromatic N) is 3. The number of benzene rings is 1. The number of amides is 1. The first kappa shape index (κ1) is 12.9. The Balaban J connectivity index is 2.25. The van der Waals surface area contributed by atoms with Crippen molar-refractivity contribution in [3.05, 3.63) is 29.8 Å². The van der Waals surface area contributed by atoms with Crippen molar-refractivity contribution >= 4 is 11.6 Å². The highest BCUT2D eigenvalue weighted by atomic mass is 16.2. The number of piperazine rings is 1. The number of rotatable bonds is 2. The number of carbonyl (C=O) groups is 1. The van der Waals surface area contributed by atoms with E-state index in [0.29, 0.717) is 0 Å². The first-order valence-electron chi connectivity index (χ1n) is 6.25. The minimum atomic E-state index is 0.0424. The largest absolute Gasteiger partial charge is 0.368 e. The average Bonchev–Trinajstić information content (AvgIpc) is 2.39. The lowest BCUT2D eigenvalue weighted by Crippen LogP contribution is -2.45. The molecule has 1 fully saturated rings. The SMILES string of the molecule is CN1CCN(c2cc[c]cc2C(=O)N(C)C)CC1. The second kappa shape index (κ2) is 5.40. The zero-order valence-electron chi connectivity index (χ0n) is 11.3. The zero-order chi connectivity index (χ0) is 13.1. The Kier molecular flexibility index (Phi) is 3.87. The van der Waals surface area contributed by atoms with Crippen LogP contribution in [0.3, 0.4) is 0 Å². The Bertz CT molecular complexity index is 423. The predicted octanol–water partition coefficient (Wildman–Crippen LogP) is 0.940. The first-order valence-corrected chi connectivity index (χ1v) is 6.25. The molecule has 2 rings (SSSR count). The molecule has 1 aliphatic heterocycles. The van der Waals surface area contributed by atoms with Gasteiger partial charge < -0.3 is 14.7 Å². The smallest absolute Gasteiger partial charge is 0.255 e. The van der Waals surface area contributed by atoms with Crippen LogP contribution >= 0.6 is 0 Å². The molecule has 0 N–H and O–H groups in total. The van der Waals surface area contributed by atoms with E-state index in [2.05, 4.69) is 22.9 Å². The van der Waals surface area contributed by atoms with Crippen LogP contribution in [0.15, 0.2) is 18.2 Å². The predicted molar refractivity (Wildman–Crippen MR) is 73.0 cm³/mol. The maximum Gasteiger partial charge on any atom is 0.255 e. The van der Waals surface area contributed by atoms with E-state index in [9.17, 15) is 4.79 Å². The molecule has 1 aromatic rings. The van der Waals surface area contributed by atoms with Gasteiger partial charge in [-0.15, -0.1) is 0 Å². The third kappa shape index (κ3) is 2.64. The van der Waals surface area contributed by atoms with Crippen LogP contribution in [0.25, 0.3) is 0 Å². The lowest BCUT2D eigenvalue weighted by Gasteiger charge is -2.35. The van der Waals surface area contributed by atoms with Gasteiger partial charge in [-0.2, -0.15) is 0 Å². The van der Waals surface area contributed by atoms with Gasteiger partial charge in [-0.25, -0.2) is 0 Å². The fourth-order valence-electron chi connectivity index (χ4n) is 2.16. The molecule has 0 spiro atoms. The molecule has 1 aromatic carbocycles. The van der Waals surface area contributed by atoms with Crippen LogP contribution in [0.2, 0.25) is 0 Å². The molecule has 1 radical (unpaired) electrons. The second-order valence-electron chi connectivity index (χ2n) is 4.93. The summed E-state index contributed by atoms with van der Waals surface area (Å²) >= 11 is 0. The van der Waals surface area contributed by atoms with Crippen molar-refractivity contribution in [1.82, 2.24) is 9.80 Å². The maximum absolute atomic E-state index is 12.1. The highest BCUT2D eigenvalue weighted by molar-refractivity contribution is 5.99. The van der Waals surface area contributed by atoms with Gasteiger partial charge in [0.05, 0.1) is 5.56 Å². The van der Waals surface area contributed by atoms with E-state index in [1.165, 1.54) is 0 Å². The van der Waals surface area contributed by atoms with Crippen LogP contribution in [0.5, 0.6) is 0 Å².